The van der Waals surface area contributed by atoms with Crippen LogP contribution in [0.4, 0.5) is 0 Å². The Bertz CT molecular complexity index is 374. The molecule has 0 aliphatic carbocycles. The van der Waals surface area contributed by atoms with Gasteiger partial charge < -0.3 is 0 Å². The van der Waals surface area contributed by atoms with E-state index in [0.717, 1.165) is 11.5 Å². The lowest BCUT2D eigenvalue weighted by atomic mass is 10.6. The van der Waals surface area contributed by atoms with Gasteiger partial charge in [-0.15, -0.1) is 11.6 Å². The Kier molecular flexibility index (Phi) is 3.63. The molecule has 0 saturated heterocycles. The van der Waals surface area contributed by atoms with Gasteiger partial charge in [0.25, 0.3) is 0 Å². The molecular formula is C6H9ClN2O2S2. The highest BCUT2D eigenvalue weighted by atomic mass is 35.5. The Morgan fingerprint density at radius 2 is 2.23 bits per heavy atom. The lowest BCUT2D eigenvalue weighted by Gasteiger charge is -1.95. The second-order valence-electron chi connectivity index (χ2n) is 2.47. The zero-order valence-corrected chi connectivity index (χ0v) is 9.42. The van der Waals surface area contributed by atoms with E-state index < -0.39 is 9.84 Å². The van der Waals surface area contributed by atoms with E-state index >= 15 is 0 Å². The standard InChI is InChI=1S/C6H9ClN2O2S2/c1-5-8-6(12-9-5)13(10,11)4-2-3-7/h2-4H2,1H3. The zero-order valence-electron chi connectivity index (χ0n) is 7.03. The third-order valence-electron chi connectivity index (χ3n) is 1.32. The average molecular weight is 241 g/mol. The molecule has 0 radical (unpaired) electrons. The molecule has 1 aromatic rings. The van der Waals surface area contributed by atoms with Crippen LogP contribution in [0.5, 0.6) is 0 Å². The molecule has 0 fully saturated rings. The van der Waals surface area contributed by atoms with Crippen molar-refractivity contribution in [2.24, 2.45) is 0 Å². The maximum atomic E-state index is 11.5. The molecule has 0 aromatic carbocycles. The van der Waals surface area contributed by atoms with Crippen molar-refractivity contribution in [3.8, 4) is 0 Å². The first kappa shape index (κ1) is 10.9. The van der Waals surface area contributed by atoms with Gasteiger partial charge in [-0.25, -0.2) is 13.4 Å². The van der Waals surface area contributed by atoms with Gasteiger partial charge in [0.15, 0.2) is 0 Å². The van der Waals surface area contributed by atoms with Gasteiger partial charge in [0.05, 0.1) is 5.75 Å². The van der Waals surface area contributed by atoms with Crippen LogP contribution in [0.25, 0.3) is 0 Å². The summed E-state index contributed by atoms with van der Waals surface area (Å²) in [4.78, 5) is 3.81. The van der Waals surface area contributed by atoms with E-state index in [1.54, 1.807) is 6.92 Å². The fraction of sp³-hybridized carbons (Fsp3) is 0.667. The van der Waals surface area contributed by atoms with E-state index in [1.807, 2.05) is 0 Å². The van der Waals surface area contributed by atoms with E-state index in [-0.39, 0.29) is 10.1 Å². The summed E-state index contributed by atoms with van der Waals surface area (Å²) in [6.45, 7) is 1.66. The van der Waals surface area contributed by atoms with Crippen molar-refractivity contribution >= 4 is 33.0 Å². The molecule has 0 N–H and O–H groups in total. The number of hydrogen-bond donors (Lipinski definition) is 0. The summed E-state index contributed by atoms with van der Waals surface area (Å²) in [7, 11) is -3.24. The zero-order chi connectivity index (χ0) is 9.90. The third kappa shape index (κ3) is 2.89. The molecule has 0 aliphatic heterocycles. The van der Waals surface area contributed by atoms with Crippen molar-refractivity contribution in [3.05, 3.63) is 5.82 Å². The van der Waals surface area contributed by atoms with Crippen LogP contribution >= 0.6 is 23.1 Å². The third-order valence-corrected chi connectivity index (χ3v) is 4.63. The molecule has 1 aromatic heterocycles. The monoisotopic (exact) mass is 240 g/mol. The van der Waals surface area contributed by atoms with Crippen LogP contribution in [-0.4, -0.2) is 29.4 Å². The quantitative estimate of drug-likeness (QED) is 0.744. The summed E-state index contributed by atoms with van der Waals surface area (Å²) < 4.78 is 26.8. The molecule has 0 saturated carbocycles. The molecule has 1 rings (SSSR count). The van der Waals surface area contributed by atoms with Crippen LogP contribution in [0.3, 0.4) is 0 Å². The summed E-state index contributed by atoms with van der Waals surface area (Å²) >= 11 is 6.32. The number of halogens is 1. The van der Waals surface area contributed by atoms with Crippen LogP contribution in [-0.2, 0) is 9.84 Å². The number of alkyl halides is 1. The average Bonchev–Trinajstić information content (AvgIpc) is 2.49. The molecule has 0 bridgehead atoms. The van der Waals surface area contributed by atoms with Gasteiger partial charge in [-0.3, -0.25) is 0 Å². The summed E-state index contributed by atoms with van der Waals surface area (Å²) in [6.07, 6.45) is 0.447. The van der Waals surface area contributed by atoms with Crippen molar-refractivity contribution in [1.29, 1.82) is 0 Å². The fourth-order valence-corrected chi connectivity index (χ4v) is 3.24. The molecule has 1 heterocycles. The Morgan fingerprint density at radius 3 is 2.69 bits per heavy atom. The summed E-state index contributed by atoms with van der Waals surface area (Å²) in [5.74, 6) is 0.886. The van der Waals surface area contributed by atoms with Gasteiger partial charge >= 0.3 is 0 Å². The minimum atomic E-state index is -3.24. The molecular weight excluding hydrogens is 232 g/mol. The minimum Gasteiger partial charge on any atom is -0.221 e. The van der Waals surface area contributed by atoms with E-state index in [9.17, 15) is 8.42 Å². The van der Waals surface area contributed by atoms with Gasteiger partial charge in [0.1, 0.15) is 5.82 Å². The molecule has 74 valence electrons. The molecule has 0 amide bonds. The highest BCUT2D eigenvalue weighted by Gasteiger charge is 2.18. The lowest BCUT2D eigenvalue weighted by molar-refractivity contribution is 0.594. The Morgan fingerprint density at radius 1 is 1.54 bits per heavy atom. The van der Waals surface area contributed by atoms with E-state index in [1.165, 1.54) is 0 Å². The lowest BCUT2D eigenvalue weighted by Crippen LogP contribution is -2.06. The molecule has 0 aliphatic rings. The molecule has 4 nitrogen and oxygen atoms in total. The Labute approximate surface area is 86.0 Å². The Hall–Kier alpha value is -0.200. The van der Waals surface area contributed by atoms with Crippen LogP contribution in [0, 0.1) is 6.92 Å². The fourth-order valence-electron chi connectivity index (χ4n) is 0.736. The number of aryl methyl sites for hydroxylation is 1. The highest BCUT2D eigenvalue weighted by Crippen LogP contribution is 2.14. The van der Waals surface area contributed by atoms with Gasteiger partial charge in [-0.1, -0.05) is 0 Å². The van der Waals surface area contributed by atoms with Crippen LogP contribution in [0.1, 0.15) is 12.2 Å². The maximum Gasteiger partial charge on any atom is 0.228 e. The second kappa shape index (κ2) is 4.34. The van der Waals surface area contributed by atoms with Crippen molar-refractivity contribution in [3.63, 3.8) is 0 Å². The predicted octanol–water partition coefficient (Wildman–Crippen LogP) is 1.25. The Balaban J connectivity index is 2.82. The number of hydrogen-bond acceptors (Lipinski definition) is 5. The number of nitrogens with zero attached hydrogens (tertiary/aromatic N) is 2. The van der Waals surface area contributed by atoms with E-state index in [4.69, 9.17) is 11.6 Å². The van der Waals surface area contributed by atoms with Crippen molar-refractivity contribution < 1.29 is 8.42 Å². The molecule has 0 atom stereocenters. The second-order valence-corrected chi connectivity index (χ2v) is 5.88. The molecule has 7 heteroatoms. The number of rotatable bonds is 4. The summed E-state index contributed by atoms with van der Waals surface area (Å²) in [5, 5.41) is 0. The van der Waals surface area contributed by atoms with Crippen molar-refractivity contribution in [2.75, 3.05) is 11.6 Å². The summed E-state index contributed by atoms with van der Waals surface area (Å²) in [6, 6.07) is 0. The first-order chi connectivity index (χ1) is 6.06. The van der Waals surface area contributed by atoms with Crippen molar-refractivity contribution in [1.82, 2.24) is 9.36 Å². The highest BCUT2D eigenvalue weighted by molar-refractivity contribution is 7.93. The maximum absolute atomic E-state index is 11.5. The summed E-state index contributed by atoms with van der Waals surface area (Å²) in [5.41, 5.74) is 0. The van der Waals surface area contributed by atoms with Gasteiger partial charge in [-0.2, -0.15) is 4.37 Å². The van der Waals surface area contributed by atoms with E-state index in [0.29, 0.717) is 18.1 Å². The normalized spacial score (nSPS) is 11.8. The van der Waals surface area contributed by atoms with Gasteiger partial charge in [0.2, 0.25) is 14.2 Å². The van der Waals surface area contributed by atoms with Crippen LogP contribution in [0.15, 0.2) is 4.34 Å². The van der Waals surface area contributed by atoms with Crippen LogP contribution < -0.4 is 0 Å². The topological polar surface area (TPSA) is 59.9 Å². The van der Waals surface area contributed by atoms with E-state index in [2.05, 4.69) is 9.36 Å². The number of sulfone groups is 1. The minimum absolute atomic E-state index is 0.0468. The first-order valence-electron chi connectivity index (χ1n) is 3.65. The molecule has 0 unspecified atom stereocenters. The molecule has 13 heavy (non-hydrogen) atoms. The SMILES string of the molecule is Cc1nsc(S(=O)(=O)CCCCl)n1. The van der Waals surface area contributed by atoms with Crippen LogP contribution in [0.2, 0.25) is 0 Å². The largest absolute Gasteiger partial charge is 0.228 e. The van der Waals surface area contributed by atoms with Gasteiger partial charge in [0, 0.05) is 5.88 Å². The molecule has 0 spiro atoms. The first-order valence-corrected chi connectivity index (χ1v) is 6.61. The predicted molar refractivity (Wildman–Crippen MR) is 52.0 cm³/mol. The smallest absolute Gasteiger partial charge is 0.221 e. The van der Waals surface area contributed by atoms with Gasteiger partial charge in [-0.05, 0) is 24.9 Å². The van der Waals surface area contributed by atoms with Crippen molar-refractivity contribution in [2.45, 2.75) is 17.7 Å². The number of aromatic nitrogens is 2.